The number of hydrogen-bond donors (Lipinski definition) is 0. The van der Waals surface area contributed by atoms with Gasteiger partial charge in [-0.2, -0.15) is 0 Å². The lowest BCUT2D eigenvalue weighted by Crippen LogP contribution is -2.28. The molecule has 0 bridgehead atoms. The van der Waals surface area contributed by atoms with E-state index in [0.717, 1.165) is 10.6 Å². The normalized spacial score (nSPS) is 23.3. The van der Waals surface area contributed by atoms with Gasteiger partial charge in [0.15, 0.2) is 0 Å². The molecule has 0 radical (unpaired) electrons. The topological polar surface area (TPSA) is 29.6 Å². The van der Waals surface area contributed by atoms with Gasteiger partial charge in [0.25, 0.3) is 0 Å². The van der Waals surface area contributed by atoms with Crippen LogP contribution < -0.4 is 10.6 Å². The molecule has 20 heavy (non-hydrogen) atoms. The van der Waals surface area contributed by atoms with E-state index in [9.17, 15) is 4.57 Å². The molecule has 0 saturated carbocycles. The molecule has 1 aliphatic rings. The molecule has 0 unspecified atom stereocenters. The summed E-state index contributed by atoms with van der Waals surface area (Å²) in [7, 11) is -2.67. The number of ether oxygens (including phenoxy) is 1. The van der Waals surface area contributed by atoms with Crippen LogP contribution in [-0.4, -0.2) is 17.9 Å². The van der Waals surface area contributed by atoms with Gasteiger partial charge in [-0.15, -0.1) is 0 Å². The highest BCUT2D eigenvalue weighted by Crippen LogP contribution is 2.53. The van der Waals surface area contributed by atoms with Gasteiger partial charge in [-0.25, -0.2) is 0 Å². The molecule has 104 valence electrons. The summed E-state index contributed by atoms with van der Waals surface area (Å²) in [6, 6.07) is 19.6. The SMILES string of the molecule is C[C@H]([C@H]1O[C@@H]1C)P(=O)(c1ccccc1)c1ccccc1. The van der Waals surface area contributed by atoms with Crippen molar-refractivity contribution in [2.75, 3.05) is 0 Å². The van der Waals surface area contributed by atoms with Crippen LogP contribution in [0.1, 0.15) is 13.8 Å². The fourth-order valence-electron chi connectivity index (χ4n) is 2.83. The van der Waals surface area contributed by atoms with Gasteiger partial charge in [0.05, 0.1) is 12.2 Å². The molecular formula is C17H19O2P. The lowest BCUT2D eigenvalue weighted by atomic mass is 10.3. The summed E-state index contributed by atoms with van der Waals surface area (Å²) in [4.78, 5) is 0. The minimum Gasteiger partial charge on any atom is -0.369 e. The van der Waals surface area contributed by atoms with Crippen molar-refractivity contribution in [3.63, 3.8) is 0 Å². The summed E-state index contributed by atoms with van der Waals surface area (Å²) in [5, 5.41) is 1.84. The zero-order valence-electron chi connectivity index (χ0n) is 11.8. The van der Waals surface area contributed by atoms with Crippen LogP contribution in [0, 0.1) is 0 Å². The van der Waals surface area contributed by atoms with E-state index in [-0.39, 0.29) is 17.9 Å². The Kier molecular flexibility index (Phi) is 3.54. The molecule has 1 aliphatic heterocycles. The molecule has 3 atom stereocenters. The fourth-order valence-corrected chi connectivity index (χ4v) is 6.03. The van der Waals surface area contributed by atoms with Crippen molar-refractivity contribution < 1.29 is 9.30 Å². The molecule has 2 nitrogen and oxygen atoms in total. The smallest absolute Gasteiger partial charge is 0.148 e. The standard InChI is InChI=1S/C17H19O2P/c1-13-17(19-13)14(2)20(18,15-9-5-3-6-10-15)16-11-7-4-8-12-16/h3-14,17H,1-2H3/t13-,14-,17+/m1/s1. The minimum atomic E-state index is -2.67. The predicted molar refractivity (Wildman–Crippen MR) is 83.6 cm³/mol. The highest BCUT2D eigenvalue weighted by atomic mass is 31.2. The first-order chi connectivity index (χ1) is 9.64. The summed E-state index contributed by atoms with van der Waals surface area (Å²) in [5.41, 5.74) is 0.00213. The van der Waals surface area contributed by atoms with Crippen LogP contribution in [0.4, 0.5) is 0 Å². The average molecular weight is 286 g/mol. The number of benzene rings is 2. The van der Waals surface area contributed by atoms with Gasteiger partial charge in [-0.05, 0) is 6.92 Å². The molecule has 0 N–H and O–H groups in total. The van der Waals surface area contributed by atoms with Gasteiger partial charge < -0.3 is 9.30 Å². The number of epoxide rings is 1. The van der Waals surface area contributed by atoms with Crippen LogP contribution in [-0.2, 0) is 9.30 Å². The van der Waals surface area contributed by atoms with Crippen molar-refractivity contribution in [3.8, 4) is 0 Å². The molecule has 0 amide bonds. The Bertz CT molecular complexity index is 580. The highest BCUT2D eigenvalue weighted by molar-refractivity contribution is 7.79. The van der Waals surface area contributed by atoms with Gasteiger partial charge >= 0.3 is 0 Å². The van der Waals surface area contributed by atoms with E-state index in [4.69, 9.17) is 4.74 Å². The molecule has 3 heteroatoms. The second kappa shape index (κ2) is 5.20. The lowest BCUT2D eigenvalue weighted by molar-refractivity contribution is 0.375. The zero-order chi connectivity index (χ0) is 14.2. The van der Waals surface area contributed by atoms with Crippen LogP contribution in [0.5, 0.6) is 0 Å². The third kappa shape index (κ3) is 2.24. The Hall–Kier alpha value is -1.37. The van der Waals surface area contributed by atoms with Crippen LogP contribution >= 0.6 is 7.14 Å². The van der Waals surface area contributed by atoms with E-state index in [0.29, 0.717) is 0 Å². The Morgan fingerprint density at radius 3 is 1.70 bits per heavy atom. The van der Waals surface area contributed by atoms with E-state index in [2.05, 4.69) is 6.92 Å². The molecule has 2 aromatic rings. The zero-order valence-corrected chi connectivity index (χ0v) is 12.7. The maximum Gasteiger partial charge on any atom is 0.148 e. The first-order valence-corrected chi connectivity index (χ1v) is 8.78. The van der Waals surface area contributed by atoms with Gasteiger partial charge in [-0.3, -0.25) is 0 Å². The molecule has 0 aliphatic carbocycles. The molecular weight excluding hydrogens is 267 g/mol. The van der Waals surface area contributed by atoms with Gasteiger partial charge in [-0.1, -0.05) is 67.6 Å². The number of rotatable bonds is 4. The minimum absolute atomic E-state index is 0.00213. The molecule has 0 spiro atoms. The number of hydrogen-bond acceptors (Lipinski definition) is 2. The summed E-state index contributed by atoms with van der Waals surface area (Å²) in [5.74, 6) is 0. The second-order valence-corrected chi connectivity index (χ2v) is 8.54. The van der Waals surface area contributed by atoms with Crippen molar-refractivity contribution in [1.82, 2.24) is 0 Å². The molecule has 1 fully saturated rings. The van der Waals surface area contributed by atoms with Crippen molar-refractivity contribution in [2.45, 2.75) is 31.7 Å². The maximum atomic E-state index is 13.9. The predicted octanol–water partition coefficient (Wildman–Crippen LogP) is 3.18. The monoisotopic (exact) mass is 286 g/mol. The molecule has 2 aromatic carbocycles. The van der Waals surface area contributed by atoms with Gasteiger partial charge in [0, 0.05) is 16.3 Å². The third-order valence-electron chi connectivity index (χ3n) is 4.09. The first kappa shape index (κ1) is 13.6. The van der Waals surface area contributed by atoms with Crippen molar-refractivity contribution in [3.05, 3.63) is 60.7 Å². The Balaban J connectivity index is 2.11. The van der Waals surface area contributed by atoms with Crippen LogP contribution in [0.2, 0.25) is 0 Å². The van der Waals surface area contributed by atoms with Crippen molar-refractivity contribution in [2.24, 2.45) is 0 Å². The van der Waals surface area contributed by atoms with Gasteiger partial charge in [0.2, 0.25) is 0 Å². The Labute approximate surface area is 120 Å². The third-order valence-corrected chi connectivity index (χ3v) is 7.66. The van der Waals surface area contributed by atoms with Crippen molar-refractivity contribution >= 4 is 17.8 Å². The van der Waals surface area contributed by atoms with Crippen LogP contribution in [0.15, 0.2) is 60.7 Å². The average Bonchev–Trinajstić information content (AvgIpc) is 3.24. The summed E-state index contributed by atoms with van der Waals surface area (Å²) in [6.07, 6.45) is 0.312. The summed E-state index contributed by atoms with van der Waals surface area (Å²) >= 11 is 0. The molecule has 0 aromatic heterocycles. The summed E-state index contributed by atoms with van der Waals surface area (Å²) in [6.45, 7) is 4.09. The molecule has 1 heterocycles. The van der Waals surface area contributed by atoms with Gasteiger partial charge in [0.1, 0.15) is 7.14 Å². The summed E-state index contributed by atoms with van der Waals surface area (Å²) < 4.78 is 19.5. The second-order valence-electron chi connectivity index (χ2n) is 5.38. The maximum absolute atomic E-state index is 13.9. The first-order valence-electron chi connectivity index (χ1n) is 7.00. The van der Waals surface area contributed by atoms with Crippen LogP contribution in [0.25, 0.3) is 0 Å². The Morgan fingerprint density at radius 1 is 0.950 bits per heavy atom. The van der Waals surface area contributed by atoms with E-state index in [1.807, 2.05) is 67.6 Å². The fraction of sp³-hybridized carbons (Fsp3) is 0.294. The highest BCUT2D eigenvalue weighted by Gasteiger charge is 2.48. The Morgan fingerprint density at radius 2 is 1.35 bits per heavy atom. The molecule has 1 saturated heterocycles. The quantitative estimate of drug-likeness (QED) is 0.638. The van der Waals surface area contributed by atoms with E-state index < -0.39 is 7.14 Å². The largest absolute Gasteiger partial charge is 0.369 e. The van der Waals surface area contributed by atoms with E-state index in [1.54, 1.807) is 0 Å². The molecule has 3 rings (SSSR count). The van der Waals surface area contributed by atoms with E-state index in [1.165, 1.54) is 0 Å². The van der Waals surface area contributed by atoms with Crippen molar-refractivity contribution in [1.29, 1.82) is 0 Å². The lowest BCUT2D eigenvalue weighted by Gasteiger charge is -2.25. The van der Waals surface area contributed by atoms with E-state index >= 15 is 0 Å². The van der Waals surface area contributed by atoms with Crippen LogP contribution in [0.3, 0.4) is 0 Å².